The van der Waals surface area contributed by atoms with E-state index in [1.165, 1.54) is 5.39 Å². The summed E-state index contributed by atoms with van der Waals surface area (Å²) in [5.74, 6) is 1.32. The number of hydrogen-bond donors (Lipinski definition) is 1. The van der Waals surface area contributed by atoms with Crippen molar-refractivity contribution in [2.45, 2.75) is 13.5 Å². The zero-order valence-corrected chi connectivity index (χ0v) is 11.5. The molecule has 1 heterocycles. The Morgan fingerprint density at radius 3 is 2.65 bits per heavy atom. The summed E-state index contributed by atoms with van der Waals surface area (Å²) in [5.41, 5.74) is 1.51. The van der Waals surface area contributed by atoms with Gasteiger partial charge in [-0.05, 0) is 29.8 Å². The van der Waals surface area contributed by atoms with Crippen LogP contribution in [0.1, 0.15) is 11.3 Å². The molecular weight excluding hydrogens is 252 g/mol. The van der Waals surface area contributed by atoms with E-state index in [0.29, 0.717) is 5.88 Å². The number of aromatic nitrogens is 2. The summed E-state index contributed by atoms with van der Waals surface area (Å²) in [6.45, 7) is 1.78. The lowest BCUT2D eigenvalue weighted by molar-refractivity contribution is 0.274. The van der Waals surface area contributed by atoms with Crippen molar-refractivity contribution in [1.82, 2.24) is 9.78 Å². The molecule has 2 aromatic carbocycles. The maximum atomic E-state index is 9.43. The second-order valence-electron chi connectivity index (χ2n) is 4.76. The van der Waals surface area contributed by atoms with E-state index in [0.717, 1.165) is 22.4 Å². The van der Waals surface area contributed by atoms with Crippen molar-refractivity contribution in [3.8, 4) is 11.6 Å². The van der Waals surface area contributed by atoms with Crippen molar-refractivity contribution in [2.75, 3.05) is 0 Å². The second-order valence-corrected chi connectivity index (χ2v) is 4.76. The fourth-order valence-corrected chi connectivity index (χ4v) is 2.33. The molecule has 0 fully saturated rings. The van der Waals surface area contributed by atoms with Gasteiger partial charge in [-0.25, -0.2) is 4.68 Å². The van der Waals surface area contributed by atoms with Crippen LogP contribution in [0.3, 0.4) is 0 Å². The van der Waals surface area contributed by atoms with Crippen LogP contribution in [-0.4, -0.2) is 14.9 Å². The molecule has 0 aliphatic carbocycles. The van der Waals surface area contributed by atoms with Crippen LogP contribution < -0.4 is 4.74 Å². The molecule has 0 spiro atoms. The molecular formula is C16H16N2O2. The van der Waals surface area contributed by atoms with Crippen LogP contribution in [0.5, 0.6) is 11.6 Å². The van der Waals surface area contributed by atoms with Gasteiger partial charge < -0.3 is 9.84 Å². The molecule has 3 rings (SSSR count). The first kappa shape index (κ1) is 12.7. The lowest BCUT2D eigenvalue weighted by Crippen LogP contribution is -1.97. The third-order valence-corrected chi connectivity index (χ3v) is 3.38. The summed E-state index contributed by atoms with van der Waals surface area (Å²) in [6.07, 6.45) is 0. The van der Waals surface area contributed by atoms with Crippen molar-refractivity contribution in [3.63, 3.8) is 0 Å². The van der Waals surface area contributed by atoms with Crippen LogP contribution in [0, 0.1) is 6.92 Å². The highest BCUT2D eigenvalue weighted by atomic mass is 16.5. The molecule has 3 aromatic rings. The number of fused-ring (bicyclic) bond motifs is 1. The first-order valence-electron chi connectivity index (χ1n) is 6.49. The van der Waals surface area contributed by atoms with Crippen LogP contribution >= 0.6 is 0 Å². The molecule has 0 radical (unpaired) electrons. The van der Waals surface area contributed by atoms with Crippen molar-refractivity contribution in [1.29, 1.82) is 0 Å². The second kappa shape index (κ2) is 4.98. The molecule has 1 N–H and O–H groups in total. The molecule has 4 heteroatoms. The van der Waals surface area contributed by atoms with E-state index >= 15 is 0 Å². The fraction of sp³-hybridized carbons (Fsp3) is 0.188. The molecule has 0 saturated carbocycles. The molecule has 0 aliphatic heterocycles. The summed E-state index contributed by atoms with van der Waals surface area (Å²) in [6, 6.07) is 14.0. The highest BCUT2D eigenvalue weighted by Gasteiger charge is 2.14. The quantitative estimate of drug-likeness (QED) is 0.793. The summed E-state index contributed by atoms with van der Waals surface area (Å²) in [4.78, 5) is 0. The minimum atomic E-state index is -0.0808. The Bertz CT molecular complexity index is 762. The Kier molecular flexibility index (Phi) is 3.16. The summed E-state index contributed by atoms with van der Waals surface area (Å²) in [7, 11) is 1.81. The van der Waals surface area contributed by atoms with Gasteiger partial charge in [-0.2, -0.15) is 5.10 Å². The van der Waals surface area contributed by atoms with E-state index in [1.54, 1.807) is 4.68 Å². The predicted molar refractivity (Wildman–Crippen MR) is 77.9 cm³/mol. The average Bonchev–Trinajstić information content (AvgIpc) is 2.72. The Morgan fingerprint density at radius 2 is 1.90 bits per heavy atom. The van der Waals surface area contributed by atoms with Gasteiger partial charge in [0.1, 0.15) is 5.75 Å². The Morgan fingerprint density at radius 1 is 1.15 bits per heavy atom. The van der Waals surface area contributed by atoms with Gasteiger partial charge in [-0.15, -0.1) is 0 Å². The monoisotopic (exact) mass is 268 g/mol. The number of nitrogens with zero attached hydrogens (tertiary/aromatic N) is 2. The van der Waals surface area contributed by atoms with Gasteiger partial charge >= 0.3 is 0 Å². The van der Waals surface area contributed by atoms with Gasteiger partial charge in [0.15, 0.2) is 0 Å². The van der Waals surface area contributed by atoms with E-state index in [-0.39, 0.29) is 6.61 Å². The average molecular weight is 268 g/mol. The molecule has 0 amide bonds. The molecule has 4 nitrogen and oxygen atoms in total. The molecule has 0 aliphatic rings. The third-order valence-electron chi connectivity index (χ3n) is 3.38. The number of hydrogen-bond acceptors (Lipinski definition) is 3. The van der Waals surface area contributed by atoms with Crippen molar-refractivity contribution in [2.24, 2.45) is 7.05 Å². The summed E-state index contributed by atoms with van der Waals surface area (Å²) < 4.78 is 7.55. The number of ether oxygens (including phenoxy) is 1. The Balaban J connectivity index is 2.01. The highest BCUT2D eigenvalue weighted by Crippen LogP contribution is 2.29. The van der Waals surface area contributed by atoms with Crippen LogP contribution in [-0.2, 0) is 13.7 Å². The van der Waals surface area contributed by atoms with E-state index in [1.807, 2.05) is 50.4 Å². The van der Waals surface area contributed by atoms with Gasteiger partial charge in [-0.3, -0.25) is 0 Å². The standard InChI is InChI=1S/C16H16N2O2/c1-11-15(10-19)16(18(2)17-11)20-14-8-7-12-5-3-4-6-13(12)9-14/h3-9,19H,10H2,1-2H3. The molecule has 0 unspecified atom stereocenters. The maximum Gasteiger partial charge on any atom is 0.223 e. The largest absolute Gasteiger partial charge is 0.439 e. The fourth-order valence-electron chi connectivity index (χ4n) is 2.33. The third kappa shape index (κ3) is 2.14. The number of aryl methyl sites for hydroxylation is 2. The van der Waals surface area contributed by atoms with E-state index in [4.69, 9.17) is 4.74 Å². The van der Waals surface area contributed by atoms with Gasteiger partial charge in [0.05, 0.1) is 17.9 Å². The minimum Gasteiger partial charge on any atom is -0.439 e. The lowest BCUT2D eigenvalue weighted by Gasteiger charge is -2.08. The van der Waals surface area contributed by atoms with Crippen LogP contribution in [0.2, 0.25) is 0 Å². The smallest absolute Gasteiger partial charge is 0.223 e. The molecule has 0 saturated heterocycles. The molecule has 20 heavy (non-hydrogen) atoms. The summed E-state index contributed by atoms with van der Waals surface area (Å²) >= 11 is 0. The van der Waals surface area contributed by atoms with E-state index in [2.05, 4.69) is 11.2 Å². The molecule has 0 bridgehead atoms. The molecule has 1 aromatic heterocycles. The molecule has 102 valence electrons. The zero-order chi connectivity index (χ0) is 14.1. The van der Waals surface area contributed by atoms with Crippen molar-refractivity contribution < 1.29 is 9.84 Å². The van der Waals surface area contributed by atoms with Crippen LogP contribution in [0.15, 0.2) is 42.5 Å². The SMILES string of the molecule is Cc1nn(C)c(Oc2ccc3ccccc3c2)c1CO. The lowest BCUT2D eigenvalue weighted by atomic mass is 10.1. The zero-order valence-electron chi connectivity index (χ0n) is 11.5. The van der Waals surface area contributed by atoms with Crippen LogP contribution in [0.4, 0.5) is 0 Å². The van der Waals surface area contributed by atoms with Gasteiger partial charge in [-0.1, -0.05) is 30.3 Å². The maximum absolute atomic E-state index is 9.43. The van der Waals surface area contributed by atoms with Crippen molar-refractivity contribution in [3.05, 3.63) is 53.7 Å². The topological polar surface area (TPSA) is 47.3 Å². The summed E-state index contributed by atoms with van der Waals surface area (Å²) in [5, 5.41) is 16.0. The number of rotatable bonds is 3. The Labute approximate surface area is 117 Å². The Hall–Kier alpha value is -2.33. The first-order chi connectivity index (χ1) is 9.69. The van der Waals surface area contributed by atoms with E-state index < -0.39 is 0 Å². The van der Waals surface area contributed by atoms with E-state index in [9.17, 15) is 5.11 Å². The normalized spacial score (nSPS) is 10.9. The van der Waals surface area contributed by atoms with Crippen LogP contribution in [0.25, 0.3) is 10.8 Å². The number of aliphatic hydroxyl groups is 1. The number of aliphatic hydroxyl groups excluding tert-OH is 1. The first-order valence-corrected chi connectivity index (χ1v) is 6.49. The van der Waals surface area contributed by atoms with Crippen molar-refractivity contribution >= 4 is 10.8 Å². The predicted octanol–water partition coefficient (Wildman–Crippen LogP) is 3.17. The van der Waals surface area contributed by atoms with Gasteiger partial charge in [0.2, 0.25) is 5.88 Å². The van der Waals surface area contributed by atoms with Gasteiger partial charge in [0, 0.05) is 7.05 Å². The number of benzene rings is 2. The minimum absolute atomic E-state index is 0.0808. The van der Waals surface area contributed by atoms with Gasteiger partial charge in [0.25, 0.3) is 0 Å². The molecule has 0 atom stereocenters. The highest BCUT2D eigenvalue weighted by molar-refractivity contribution is 5.83.